The van der Waals surface area contributed by atoms with Gasteiger partial charge in [0.2, 0.25) is 0 Å². The Morgan fingerprint density at radius 1 is 0.870 bits per heavy atom. The van der Waals surface area contributed by atoms with Crippen LogP contribution in [0.1, 0.15) is 107 Å². The summed E-state index contributed by atoms with van der Waals surface area (Å²) in [6.07, 6.45) is 4.75. The van der Waals surface area contributed by atoms with Gasteiger partial charge in [0.05, 0.1) is 0 Å². The molecule has 1 nitrogen and oxygen atoms in total. The number of carbonyl (C=O) groups is 1. The van der Waals surface area contributed by atoms with Crippen LogP contribution in [-0.4, -0.2) is 5.78 Å². The second-order valence-corrected chi connectivity index (χ2v) is 7.93. The van der Waals surface area contributed by atoms with Crippen molar-refractivity contribution in [2.24, 2.45) is 5.92 Å². The molecule has 0 spiro atoms. The van der Waals surface area contributed by atoms with Crippen LogP contribution in [0, 0.1) is 5.92 Å². The fraction of sp³-hybridized carbons (Fsp3) is 0.591. The normalized spacial score (nSPS) is 12.3. The quantitative estimate of drug-likeness (QED) is 0.397. The monoisotopic (exact) mass is 314 g/mol. The van der Waals surface area contributed by atoms with Crippen LogP contribution in [0.15, 0.2) is 24.3 Å². The van der Waals surface area contributed by atoms with E-state index in [0.29, 0.717) is 23.7 Å². The molecule has 0 aliphatic carbocycles. The third-order valence-corrected chi connectivity index (χ3v) is 4.26. The van der Waals surface area contributed by atoms with Crippen LogP contribution in [0.4, 0.5) is 0 Å². The fourth-order valence-corrected chi connectivity index (χ4v) is 2.77. The van der Waals surface area contributed by atoms with E-state index in [4.69, 9.17) is 0 Å². The van der Waals surface area contributed by atoms with Gasteiger partial charge in [0, 0.05) is 5.56 Å². The number of hydrogen-bond acceptors (Lipinski definition) is 1. The molecule has 0 atom stereocenters. The molecule has 0 bridgehead atoms. The average molecular weight is 315 g/mol. The number of carbonyl (C=O) groups excluding carboxylic acids is 1. The second kappa shape index (κ2) is 8.47. The first kappa shape index (κ1) is 19.7. The first-order chi connectivity index (χ1) is 10.6. The standard InChI is InChI=1S/C22H34O/c1-14(2)10-9-11-21(23)22-19(16(5)6)12-18(15(3)4)13-20(22)17(7)8/h9,11-17H,10H2,1-8H3/b11-9+. The molecule has 1 rings (SSSR count). The summed E-state index contributed by atoms with van der Waals surface area (Å²) in [6, 6.07) is 4.48. The zero-order valence-corrected chi connectivity index (χ0v) is 16.2. The lowest BCUT2D eigenvalue weighted by Crippen LogP contribution is -2.10. The van der Waals surface area contributed by atoms with Crippen molar-refractivity contribution >= 4 is 5.78 Å². The van der Waals surface area contributed by atoms with E-state index in [9.17, 15) is 4.79 Å². The first-order valence-corrected chi connectivity index (χ1v) is 9.03. The van der Waals surface area contributed by atoms with E-state index in [1.807, 2.05) is 6.08 Å². The predicted molar refractivity (Wildman–Crippen MR) is 102 cm³/mol. The molecule has 1 aromatic rings. The molecule has 0 saturated carbocycles. The van der Waals surface area contributed by atoms with Gasteiger partial charge in [0.25, 0.3) is 0 Å². The molecule has 128 valence electrons. The van der Waals surface area contributed by atoms with Crippen LogP contribution >= 0.6 is 0 Å². The number of benzene rings is 1. The zero-order valence-electron chi connectivity index (χ0n) is 16.2. The van der Waals surface area contributed by atoms with Crippen LogP contribution in [0.5, 0.6) is 0 Å². The molecular formula is C22H34O. The molecule has 0 N–H and O–H groups in total. The van der Waals surface area contributed by atoms with Crippen LogP contribution in [0.25, 0.3) is 0 Å². The van der Waals surface area contributed by atoms with Crippen molar-refractivity contribution in [3.05, 3.63) is 46.5 Å². The van der Waals surface area contributed by atoms with Gasteiger partial charge in [-0.2, -0.15) is 0 Å². The van der Waals surface area contributed by atoms with E-state index >= 15 is 0 Å². The Hall–Kier alpha value is -1.37. The fourth-order valence-electron chi connectivity index (χ4n) is 2.77. The number of rotatable bonds is 7. The summed E-state index contributed by atoms with van der Waals surface area (Å²) in [4.78, 5) is 12.9. The van der Waals surface area contributed by atoms with E-state index in [0.717, 1.165) is 12.0 Å². The summed E-state index contributed by atoms with van der Waals surface area (Å²) in [6.45, 7) is 17.5. The third-order valence-electron chi connectivity index (χ3n) is 4.26. The zero-order chi connectivity index (χ0) is 17.7. The van der Waals surface area contributed by atoms with Gasteiger partial charge in [-0.3, -0.25) is 4.79 Å². The Balaban J connectivity index is 3.42. The molecule has 1 heteroatoms. The Morgan fingerprint density at radius 2 is 1.35 bits per heavy atom. The minimum atomic E-state index is 0.161. The maximum absolute atomic E-state index is 12.9. The van der Waals surface area contributed by atoms with Gasteiger partial charge in [-0.15, -0.1) is 0 Å². The highest BCUT2D eigenvalue weighted by molar-refractivity contribution is 6.07. The van der Waals surface area contributed by atoms with Crippen molar-refractivity contribution in [1.82, 2.24) is 0 Å². The van der Waals surface area contributed by atoms with E-state index in [1.165, 1.54) is 16.7 Å². The van der Waals surface area contributed by atoms with Gasteiger partial charge >= 0.3 is 0 Å². The summed E-state index contributed by atoms with van der Waals surface area (Å²) in [7, 11) is 0. The summed E-state index contributed by atoms with van der Waals surface area (Å²) in [5, 5.41) is 0. The molecule has 0 saturated heterocycles. The summed E-state index contributed by atoms with van der Waals surface area (Å²) >= 11 is 0. The topological polar surface area (TPSA) is 17.1 Å². The molecule has 0 amide bonds. The lowest BCUT2D eigenvalue weighted by molar-refractivity contribution is 0.104. The first-order valence-electron chi connectivity index (χ1n) is 9.03. The maximum Gasteiger partial charge on any atom is 0.186 e. The number of hydrogen-bond donors (Lipinski definition) is 0. The largest absolute Gasteiger partial charge is 0.289 e. The highest BCUT2D eigenvalue weighted by atomic mass is 16.1. The molecule has 0 aliphatic heterocycles. The van der Waals surface area contributed by atoms with Crippen molar-refractivity contribution in [2.45, 2.75) is 79.6 Å². The van der Waals surface area contributed by atoms with Gasteiger partial charge in [0.1, 0.15) is 0 Å². The van der Waals surface area contributed by atoms with E-state index in [1.54, 1.807) is 6.08 Å². The second-order valence-electron chi connectivity index (χ2n) is 7.93. The Bertz CT molecular complexity index is 530. The van der Waals surface area contributed by atoms with Gasteiger partial charge in [-0.25, -0.2) is 0 Å². The highest BCUT2D eigenvalue weighted by Crippen LogP contribution is 2.32. The van der Waals surface area contributed by atoms with Crippen LogP contribution in [0.3, 0.4) is 0 Å². The van der Waals surface area contributed by atoms with Gasteiger partial charge < -0.3 is 0 Å². The average Bonchev–Trinajstić information content (AvgIpc) is 2.44. The third kappa shape index (κ3) is 5.34. The van der Waals surface area contributed by atoms with E-state index in [-0.39, 0.29) is 5.78 Å². The molecule has 0 heterocycles. The summed E-state index contributed by atoms with van der Waals surface area (Å²) in [5.41, 5.74) is 4.65. The van der Waals surface area contributed by atoms with Crippen molar-refractivity contribution < 1.29 is 4.79 Å². The van der Waals surface area contributed by atoms with Crippen LogP contribution in [-0.2, 0) is 0 Å². The number of allylic oxidation sites excluding steroid dienone is 2. The lowest BCUT2D eigenvalue weighted by atomic mass is 9.83. The SMILES string of the molecule is CC(C)C/C=C/C(=O)c1c(C(C)C)cc(C(C)C)cc1C(C)C. The van der Waals surface area contributed by atoms with E-state index in [2.05, 4.69) is 67.5 Å². The van der Waals surface area contributed by atoms with Crippen molar-refractivity contribution in [3.63, 3.8) is 0 Å². The summed E-state index contributed by atoms with van der Waals surface area (Å²) in [5.74, 6) is 1.92. The molecule has 0 aromatic heterocycles. The maximum atomic E-state index is 12.9. The molecule has 0 aliphatic rings. The van der Waals surface area contributed by atoms with Gasteiger partial charge in [-0.1, -0.05) is 73.6 Å². The molecule has 0 unspecified atom stereocenters. The van der Waals surface area contributed by atoms with Gasteiger partial charge in [0.15, 0.2) is 5.78 Å². The molecule has 0 fully saturated rings. The lowest BCUT2D eigenvalue weighted by Gasteiger charge is -2.21. The van der Waals surface area contributed by atoms with Crippen molar-refractivity contribution in [3.8, 4) is 0 Å². The Kier molecular flexibility index (Phi) is 7.25. The Labute approximate surface area is 143 Å². The minimum Gasteiger partial charge on any atom is -0.289 e. The molecule has 1 aromatic carbocycles. The van der Waals surface area contributed by atoms with Crippen LogP contribution < -0.4 is 0 Å². The minimum absolute atomic E-state index is 0.161. The highest BCUT2D eigenvalue weighted by Gasteiger charge is 2.20. The smallest absolute Gasteiger partial charge is 0.186 e. The molecule has 0 radical (unpaired) electrons. The number of ketones is 1. The Morgan fingerprint density at radius 3 is 1.70 bits per heavy atom. The predicted octanol–water partition coefficient (Wildman–Crippen LogP) is 6.84. The van der Waals surface area contributed by atoms with Gasteiger partial charge in [-0.05, 0) is 52.9 Å². The molecule has 23 heavy (non-hydrogen) atoms. The molecular weight excluding hydrogens is 280 g/mol. The van der Waals surface area contributed by atoms with E-state index < -0.39 is 0 Å². The van der Waals surface area contributed by atoms with Crippen molar-refractivity contribution in [1.29, 1.82) is 0 Å². The van der Waals surface area contributed by atoms with Crippen molar-refractivity contribution in [2.75, 3.05) is 0 Å². The summed E-state index contributed by atoms with van der Waals surface area (Å²) < 4.78 is 0. The van der Waals surface area contributed by atoms with Crippen LogP contribution in [0.2, 0.25) is 0 Å².